The monoisotopic (exact) mass is 270 g/mol. The quantitative estimate of drug-likeness (QED) is 0.216. The van der Waals surface area contributed by atoms with Crippen molar-refractivity contribution in [2.45, 2.75) is 25.3 Å². The highest BCUT2D eigenvalue weighted by Gasteiger charge is 2.45. The molecule has 8 heteroatoms. The number of carbonyl (C=O) groups is 2. The minimum atomic E-state index is -1.04. The average molecular weight is 270 g/mol. The highest BCUT2D eigenvalue weighted by Crippen LogP contribution is 2.31. The lowest BCUT2D eigenvalue weighted by Gasteiger charge is -2.35. The van der Waals surface area contributed by atoms with E-state index in [1.807, 2.05) is 0 Å². The van der Waals surface area contributed by atoms with E-state index >= 15 is 0 Å². The lowest BCUT2D eigenvalue weighted by molar-refractivity contribution is -0.132. The first kappa shape index (κ1) is 13.6. The Morgan fingerprint density at radius 2 is 2.21 bits per heavy atom. The van der Waals surface area contributed by atoms with Gasteiger partial charge in [0.2, 0.25) is 11.8 Å². The molecule has 0 aromatic carbocycles. The molecule has 1 unspecified atom stereocenters. The Kier molecular flexibility index (Phi) is 3.89. The van der Waals surface area contributed by atoms with Gasteiger partial charge in [0.15, 0.2) is 5.84 Å². The molecule has 0 radical (unpaired) electrons. The van der Waals surface area contributed by atoms with Crippen LogP contribution in [0.4, 0.5) is 0 Å². The number of amidine groups is 1. The Hall–Kier alpha value is -1.83. The molecule has 2 aliphatic rings. The second-order valence-corrected chi connectivity index (χ2v) is 4.86. The number of carbonyl (C=O) groups excluding carboxylic acids is 2. The molecule has 2 saturated heterocycles. The number of rotatable bonds is 3. The van der Waals surface area contributed by atoms with Crippen molar-refractivity contribution in [1.82, 2.24) is 10.6 Å². The molecule has 2 aliphatic heterocycles. The van der Waals surface area contributed by atoms with Crippen LogP contribution in [0.15, 0.2) is 5.16 Å². The fourth-order valence-corrected chi connectivity index (χ4v) is 2.45. The van der Waals surface area contributed by atoms with E-state index in [2.05, 4.69) is 15.8 Å². The molecular formula is C11H18N4O4. The lowest BCUT2D eigenvalue weighted by Crippen LogP contribution is -2.55. The summed E-state index contributed by atoms with van der Waals surface area (Å²) in [6.07, 6.45) is 0.986. The van der Waals surface area contributed by atoms with Crippen LogP contribution in [0.3, 0.4) is 0 Å². The molecule has 19 heavy (non-hydrogen) atoms. The van der Waals surface area contributed by atoms with Crippen molar-refractivity contribution in [3.05, 3.63) is 0 Å². The molecule has 0 aliphatic carbocycles. The lowest BCUT2D eigenvalue weighted by atomic mass is 9.78. The molecule has 2 fully saturated rings. The van der Waals surface area contributed by atoms with Gasteiger partial charge in [0.05, 0.1) is 6.04 Å². The summed E-state index contributed by atoms with van der Waals surface area (Å²) in [5, 5.41) is 17.3. The van der Waals surface area contributed by atoms with Gasteiger partial charge in [-0.3, -0.25) is 9.59 Å². The molecule has 0 saturated carbocycles. The molecule has 2 amide bonds. The van der Waals surface area contributed by atoms with Crippen LogP contribution in [0.25, 0.3) is 0 Å². The third-order valence-electron chi connectivity index (χ3n) is 3.69. The van der Waals surface area contributed by atoms with Crippen molar-refractivity contribution >= 4 is 17.6 Å². The van der Waals surface area contributed by atoms with E-state index in [1.54, 1.807) is 0 Å². The molecule has 8 nitrogen and oxygen atoms in total. The summed E-state index contributed by atoms with van der Waals surface area (Å²) >= 11 is 0. The first-order valence-electron chi connectivity index (χ1n) is 6.22. The average Bonchev–Trinajstić information content (AvgIpc) is 2.83. The fraction of sp³-hybridized carbons (Fsp3) is 0.727. The van der Waals surface area contributed by atoms with Crippen molar-refractivity contribution < 1.29 is 19.5 Å². The summed E-state index contributed by atoms with van der Waals surface area (Å²) in [6.45, 7) is 1.17. The summed E-state index contributed by atoms with van der Waals surface area (Å²) in [5.41, 5.74) is 4.64. The van der Waals surface area contributed by atoms with Crippen molar-refractivity contribution in [1.29, 1.82) is 0 Å². The number of nitrogens with zero attached hydrogens (tertiary/aromatic N) is 1. The zero-order valence-corrected chi connectivity index (χ0v) is 10.5. The van der Waals surface area contributed by atoms with Gasteiger partial charge in [0.1, 0.15) is 5.41 Å². The van der Waals surface area contributed by atoms with Crippen LogP contribution in [0.1, 0.15) is 19.3 Å². The van der Waals surface area contributed by atoms with E-state index in [-0.39, 0.29) is 30.1 Å². The second-order valence-electron chi connectivity index (χ2n) is 4.86. The van der Waals surface area contributed by atoms with Crippen molar-refractivity contribution in [2.24, 2.45) is 16.3 Å². The van der Waals surface area contributed by atoms with Gasteiger partial charge in [0, 0.05) is 26.2 Å². The molecule has 106 valence electrons. The predicted octanol–water partition coefficient (Wildman–Crippen LogP) is -1.47. The number of oxime groups is 1. The molecule has 0 bridgehead atoms. The number of hydrogen-bond acceptors (Lipinski definition) is 5. The van der Waals surface area contributed by atoms with Gasteiger partial charge < -0.3 is 26.3 Å². The molecule has 2 rings (SSSR count). The van der Waals surface area contributed by atoms with Gasteiger partial charge in [0.25, 0.3) is 0 Å². The van der Waals surface area contributed by atoms with Gasteiger partial charge >= 0.3 is 0 Å². The van der Waals surface area contributed by atoms with Gasteiger partial charge in [-0.2, -0.15) is 0 Å². The van der Waals surface area contributed by atoms with Crippen molar-refractivity contribution in [3.63, 3.8) is 0 Å². The fourth-order valence-electron chi connectivity index (χ4n) is 2.45. The smallest absolute Gasteiger partial charge is 0.234 e. The first-order valence-corrected chi connectivity index (χ1v) is 6.22. The maximum absolute atomic E-state index is 12.4. The zero-order valence-electron chi connectivity index (χ0n) is 10.5. The van der Waals surface area contributed by atoms with Crippen LogP contribution >= 0.6 is 0 Å². The normalized spacial score (nSPS) is 26.8. The van der Waals surface area contributed by atoms with E-state index in [9.17, 15) is 9.59 Å². The third kappa shape index (κ3) is 2.62. The van der Waals surface area contributed by atoms with Crippen LogP contribution in [0.2, 0.25) is 0 Å². The van der Waals surface area contributed by atoms with Crippen molar-refractivity contribution in [2.75, 3.05) is 19.8 Å². The van der Waals surface area contributed by atoms with E-state index in [0.29, 0.717) is 32.6 Å². The molecule has 5 N–H and O–H groups in total. The topological polar surface area (TPSA) is 126 Å². The Morgan fingerprint density at radius 1 is 1.53 bits per heavy atom. The van der Waals surface area contributed by atoms with Crippen LogP contribution in [-0.4, -0.2) is 48.7 Å². The predicted molar refractivity (Wildman–Crippen MR) is 65.5 cm³/mol. The van der Waals surface area contributed by atoms with Gasteiger partial charge in [-0.1, -0.05) is 5.16 Å². The summed E-state index contributed by atoms with van der Waals surface area (Å²) < 4.78 is 5.22. The van der Waals surface area contributed by atoms with E-state index in [0.717, 1.165) is 0 Å². The highest BCUT2D eigenvalue weighted by molar-refractivity contribution is 6.07. The standard InChI is InChI=1S/C11H18N4O4/c12-9(15-18)11(1-3-19-4-2-11)10(17)14-7-5-8(16)13-6-7/h7,18H,1-6H2,(H2,12,15)(H,13,16)(H,14,17). The minimum Gasteiger partial charge on any atom is -0.409 e. The van der Waals surface area contributed by atoms with Gasteiger partial charge in [-0.15, -0.1) is 0 Å². The Labute approximate surface area is 110 Å². The maximum atomic E-state index is 12.4. The second kappa shape index (κ2) is 5.43. The van der Waals surface area contributed by atoms with Crippen LogP contribution in [0.5, 0.6) is 0 Å². The van der Waals surface area contributed by atoms with Gasteiger partial charge in [-0.25, -0.2) is 0 Å². The molecule has 0 aromatic rings. The molecule has 0 spiro atoms. The molecule has 0 aromatic heterocycles. The Balaban J connectivity index is 2.09. The summed E-state index contributed by atoms with van der Waals surface area (Å²) in [4.78, 5) is 23.5. The number of ether oxygens (including phenoxy) is 1. The minimum absolute atomic E-state index is 0.0878. The van der Waals surface area contributed by atoms with Gasteiger partial charge in [-0.05, 0) is 12.8 Å². The third-order valence-corrected chi connectivity index (χ3v) is 3.69. The molecule has 1 atom stereocenters. The molecular weight excluding hydrogens is 252 g/mol. The largest absolute Gasteiger partial charge is 0.409 e. The molecule has 2 heterocycles. The maximum Gasteiger partial charge on any atom is 0.234 e. The Morgan fingerprint density at radius 3 is 2.74 bits per heavy atom. The van der Waals surface area contributed by atoms with Crippen LogP contribution in [-0.2, 0) is 14.3 Å². The van der Waals surface area contributed by atoms with E-state index in [4.69, 9.17) is 15.7 Å². The van der Waals surface area contributed by atoms with Crippen LogP contribution < -0.4 is 16.4 Å². The van der Waals surface area contributed by atoms with Crippen molar-refractivity contribution in [3.8, 4) is 0 Å². The SMILES string of the molecule is NC(=NO)C1(C(=O)NC2CNC(=O)C2)CCOCC1. The number of nitrogens with one attached hydrogen (secondary N) is 2. The summed E-state index contributed by atoms with van der Waals surface area (Å²) in [7, 11) is 0. The van der Waals surface area contributed by atoms with Crippen LogP contribution in [0, 0.1) is 5.41 Å². The number of hydrogen-bond donors (Lipinski definition) is 4. The first-order chi connectivity index (χ1) is 9.08. The zero-order chi connectivity index (χ0) is 13.9. The summed E-state index contributed by atoms with van der Waals surface area (Å²) in [5.74, 6) is -0.506. The Bertz CT molecular complexity index is 403. The number of amides is 2. The highest BCUT2D eigenvalue weighted by atomic mass is 16.5. The van der Waals surface area contributed by atoms with E-state index < -0.39 is 5.41 Å². The number of nitrogens with two attached hydrogens (primary N) is 1. The van der Waals surface area contributed by atoms with E-state index in [1.165, 1.54) is 0 Å². The summed E-state index contributed by atoms with van der Waals surface area (Å²) in [6, 6.07) is -0.244.